The second-order valence-corrected chi connectivity index (χ2v) is 17.9. The molecule has 6 nitrogen and oxygen atoms in total. The number of hydrogen-bond donors (Lipinski definition) is 0. The van der Waals surface area contributed by atoms with Crippen LogP contribution in [0.4, 0.5) is 0 Å². The maximum absolute atomic E-state index is 12.8. The first-order valence-electron chi connectivity index (χ1n) is 25.4. The average molecular weight is 807 g/mol. The van der Waals surface area contributed by atoms with Crippen LogP contribution in [0.1, 0.15) is 285 Å². The number of unbranched alkanes of at least 4 members (excludes halogenated alkanes) is 33. The minimum atomic E-state index is -0.760. The second kappa shape index (κ2) is 45.5. The highest BCUT2D eigenvalue weighted by atomic mass is 16.6. The van der Waals surface area contributed by atoms with Crippen molar-refractivity contribution in [1.82, 2.24) is 0 Å². The summed E-state index contributed by atoms with van der Waals surface area (Å²) in [5.41, 5.74) is 0. The Morgan fingerprint density at radius 2 is 0.579 bits per heavy atom. The van der Waals surface area contributed by atoms with Gasteiger partial charge in [-0.15, -0.1) is 0 Å². The van der Waals surface area contributed by atoms with Crippen LogP contribution in [0.3, 0.4) is 0 Å². The molecular weight excluding hydrogens is 709 g/mol. The van der Waals surface area contributed by atoms with Gasteiger partial charge in [0.1, 0.15) is 13.2 Å². The molecule has 0 aliphatic rings. The third-order valence-corrected chi connectivity index (χ3v) is 11.5. The molecule has 0 fully saturated rings. The fraction of sp³-hybridized carbons (Fsp3) is 0.941. The van der Waals surface area contributed by atoms with Gasteiger partial charge >= 0.3 is 17.9 Å². The maximum Gasteiger partial charge on any atom is 0.306 e. The molecule has 0 aromatic heterocycles. The second-order valence-electron chi connectivity index (χ2n) is 17.9. The summed E-state index contributed by atoms with van der Waals surface area (Å²) in [5.74, 6) is -0.0512. The molecule has 0 rings (SSSR count). The number of esters is 3. The molecule has 0 saturated heterocycles. The lowest BCUT2D eigenvalue weighted by molar-refractivity contribution is -0.167. The topological polar surface area (TPSA) is 78.9 Å². The molecule has 0 heterocycles. The van der Waals surface area contributed by atoms with E-state index < -0.39 is 6.10 Å². The molecule has 0 unspecified atom stereocenters. The first-order chi connectivity index (χ1) is 27.9. The minimum absolute atomic E-state index is 0.0633. The molecule has 338 valence electrons. The summed E-state index contributed by atoms with van der Waals surface area (Å²) in [6.07, 6.45) is 46.6. The summed E-state index contributed by atoms with van der Waals surface area (Å²) >= 11 is 0. The fourth-order valence-corrected chi connectivity index (χ4v) is 7.69. The average Bonchev–Trinajstić information content (AvgIpc) is 3.19. The minimum Gasteiger partial charge on any atom is -0.462 e. The van der Waals surface area contributed by atoms with E-state index in [1.54, 1.807) is 0 Å². The Kier molecular flexibility index (Phi) is 44.2. The zero-order chi connectivity index (χ0) is 41.7. The van der Waals surface area contributed by atoms with Crippen LogP contribution < -0.4 is 0 Å². The van der Waals surface area contributed by atoms with Gasteiger partial charge in [-0.3, -0.25) is 14.4 Å². The van der Waals surface area contributed by atoms with Gasteiger partial charge in [0.15, 0.2) is 6.10 Å². The first kappa shape index (κ1) is 55.4. The molecule has 6 heteroatoms. The van der Waals surface area contributed by atoms with Gasteiger partial charge in [-0.1, -0.05) is 246 Å². The van der Waals surface area contributed by atoms with E-state index in [1.165, 1.54) is 180 Å². The van der Waals surface area contributed by atoms with E-state index in [0.717, 1.165) is 63.7 Å². The quantitative estimate of drug-likeness (QED) is 0.0346. The maximum atomic E-state index is 12.8. The Hall–Kier alpha value is -1.59. The summed E-state index contributed by atoms with van der Waals surface area (Å²) in [5, 5.41) is 0. The summed E-state index contributed by atoms with van der Waals surface area (Å²) in [7, 11) is 0. The number of carbonyl (C=O) groups excluding carboxylic acids is 3. The number of carbonyl (C=O) groups is 3. The predicted octanol–water partition coefficient (Wildman–Crippen LogP) is 16.3. The Bertz CT molecular complexity index is 857. The molecule has 0 spiro atoms. The summed E-state index contributed by atoms with van der Waals surface area (Å²) in [6.45, 7) is 8.99. The van der Waals surface area contributed by atoms with E-state index in [1.807, 2.05) is 0 Å². The summed E-state index contributed by atoms with van der Waals surface area (Å²) < 4.78 is 16.8. The zero-order valence-electron chi connectivity index (χ0n) is 38.8. The molecular formula is C51H98O6. The first-order valence-corrected chi connectivity index (χ1v) is 25.4. The summed E-state index contributed by atoms with van der Waals surface area (Å²) in [6, 6.07) is 0. The lowest BCUT2D eigenvalue weighted by Crippen LogP contribution is -2.30. The van der Waals surface area contributed by atoms with E-state index in [-0.39, 0.29) is 31.1 Å². The lowest BCUT2D eigenvalue weighted by Gasteiger charge is -2.18. The van der Waals surface area contributed by atoms with Gasteiger partial charge in [0.05, 0.1) is 0 Å². The van der Waals surface area contributed by atoms with Crippen LogP contribution in [0.15, 0.2) is 0 Å². The molecule has 0 N–H and O–H groups in total. The molecule has 0 aliphatic heterocycles. The molecule has 0 aromatic rings. The lowest BCUT2D eigenvalue weighted by atomic mass is 10.0. The molecule has 0 aliphatic carbocycles. The fourth-order valence-electron chi connectivity index (χ4n) is 7.69. The molecule has 0 amide bonds. The van der Waals surface area contributed by atoms with Gasteiger partial charge in [-0.25, -0.2) is 0 Å². The molecule has 0 bridgehead atoms. The van der Waals surface area contributed by atoms with Crippen LogP contribution in [-0.2, 0) is 28.6 Å². The van der Waals surface area contributed by atoms with E-state index in [9.17, 15) is 14.4 Å². The van der Waals surface area contributed by atoms with Crippen molar-refractivity contribution in [1.29, 1.82) is 0 Å². The molecule has 0 saturated carbocycles. The monoisotopic (exact) mass is 807 g/mol. The molecule has 0 radical (unpaired) electrons. The number of rotatable bonds is 46. The van der Waals surface area contributed by atoms with Gasteiger partial charge in [0, 0.05) is 19.3 Å². The van der Waals surface area contributed by atoms with Crippen molar-refractivity contribution >= 4 is 17.9 Å². The van der Waals surface area contributed by atoms with Crippen molar-refractivity contribution in [2.45, 2.75) is 291 Å². The van der Waals surface area contributed by atoms with Crippen molar-refractivity contribution in [3.63, 3.8) is 0 Å². The summed E-state index contributed by atoms with van der Waals surface area (Å²) in [4.78, 5) is 37.9. The van der Waals surface area contributed by atoms with Gasteiger partial charge in [-0.2, -0.15) is 0 Å². The Morgan fingerprint density at radius 3 is 0.860 bits per heavy atom. The van der Waals surface area contributed by atoms with Gasteiger partial charge < -0.3 is 14.2 Å². The van der Waals surface area contributed by atoms with Gasteiger partial charge in [0.2, 0.25) is 0 Å². The SMILES string of the molecule is CCCCCCCCCCCCCCCCCCC(=O)O[C@@H](COC(=O)CCCCCCCCCCCCCC)COC(=O)CCCCCCCCCCC(C)C. The number of ether oxygens (including phenoxy) is 3. The highest BCUT2D eigenvalue weighted by Crippen LogP contribution is 2.17. The van der Waals surface area contributed by atoms with E-state index in [4.69, 9.17) is 14.2 Å². The van der Waals surface area contributed by atoms with Gasteiger partial charge in [0.25, 0.3) is 0 Å². The molecule has 57 heavy (non-hydrogen) atoms. The van der Waals surface area contributed by atoms with Crippen molar-refractivity contribution in [3.05, 3.63) is 0 Å². The normalized spacial score (nSPS) is 11.9. The van der Waals surface area contributed by atoms with Crippen LogP contribution >= 0.6 is 0 Å². The standard InChI is InChI=1S/C51H98O6/c1-5-7-9-11-13-15-17-19-20-21-22-24-26-32-36-40-44-51(54)57-48(46-56-50(53)43-39-35-31-28-27-29-33-37-41-47(3)4)45-55-49(52)42-38-34-30-25-23-18-16-14-12-10-8-6-2/h47-48H,5-46H2,1-4H3/t48-/m0/s1. The largest absolute Gasteiger partial charge is 0.462 e. The highest BCUT2D eigenvalue weighted by molar-refractivity contribution is 5.71. The Balaban J connectivity index is 4.30. The van der Waals surface area contributed by atoms with E-state index in [0.29, 0.717) is 19.3 Å². The van der Waals surface area contributed by atoms with Gasteiger partial charge in [-0.05, 0) is 25.2 Å². The third kappa shape index (κ3) is 45.3. The highest BCUT2D eigenvalue weighted by Gasteiger charge is 2.19. The zero-order valence-corrected chi connectivity index (χ0v) is 38.8. The third-order valence-electron chi connectivity index (χ3n) is 11.5. The molecule has 1 atom stereocenters. The van der Waals surface area contributed by atoms with Crippen molar-refractivity contribution in [3.8, 4) is 0 Å². The van der Waals surface area contributed by atoms with Crippen molar-refractivity contribution in [2.24, 2.45) is 5.92 Å². The van der Waals surface area contributed by atoms with Crippen molar-refractivity contribution < 1.29 is 28.6 Å². The van der Waals surface area contributed by atoms with Crippen LogP contribution in [0.5, 0.6) is 0 Å². The van der Waals surface area contributed by atoms with Crippen LogP contribution in [0.25, 0.3) is 0 Å². The predicted molar refractivity (Wildman–Crippen MR) is 243 cm³/mol. The van der Waals surface area contributed by atoms with Crippen LogP contribution in [0.2, 0.25) is 0 Å². The van der Waals surface area contributed by atoms with E-state index in [2.05, 4.69) is 27.7 Å². The number of hydrogen-bond acceptors (Lipinski definition) is 6. The van der Waals surface area contributed by atoms with E-state index >= 15 is 0 Å². The Morgan fingerprint density at radius 1 is 0.333 bits per heavy atom. The van der Waals surface area contributed by atoms with Crippen LogP contribution in [0, 0.1) is 5.92 Å². The smallest absolute Gasteiger partial charge is 0.306 e. The van der Waals surface area contributed by atoms with Crippen molar-refractivity contribution in [2.75, 3.05) is 13.2 Å². The molecule has 0 aromatic carbocycles. The van der Waals surface area contributed by atoms with Crippen LogP contribution in [-0.4, -0.2) is 37.2 Å². The Labute approximate surface area is 355 Å².